The molecule has 100 valence electrons. The number of hydrogen-bond acceptors (Lipinski definition) is 2. The molecule has 0 amide bonds. The lowest BCUT2D eigenvalue weighted by atomic mass is 10.2. The van der Waals surface area contributed by atoms with E-state index in [1.165, 1.54) is 5.56 Å². The van der Waals surface area contributed by atoms with Crippen molar-refractivity contribution in [2.45, 2.75) is 20.0 Å². The predicted octanol–water partition coefficient (Wildman–Crippen LogP) is 2.71. The minimum Gasteiger partial charge on any atom is -0.313 e. The Labute approximate surface area is 121 Å². The summed E-state index contributed by atoms with van der Waals surface area (Å²) in [7, 11) is 0. The van der Waals surface area contributed by atoms with Gasteiger partial charge in [0.15, 0.2) is 0 Å². The molecule has 4 heteroatoms. The molecule has 0 saturated carbocycles. The lowest BCUT2D eigenvalue weighted by molar-refractivity contribution is 0.582. The first-order valence-corrected chi connectivity index (χ1v) is 7.07. The first kappa shape index (κ1) is 14.0. The fourth-order valence-electron chi connectivity index (χ4n) is 1.93. The minimum atomic E-state index is 0.0738. The maximum atomic E-state index is 11.9. The second-order valence-corrected chi connectivity index (χ2v) is 5.42. The van der Waals surface area contributed by atoms with Gasteiger partial charge in [-0.2, -0.15) is 0 Å². The number of benzene rings is 1. The van der Waals surface area contributed by atoms with Crippen LogP contribution >= 0.6 is 15.9 Å². The Kier molecular flexibility index (Phi) is 4.93. The molecule has 19 heavy (non-hydrogen) atoms. The predicted molar refractivity (Wildman–Crippen MR) is 81.3 cm³/mol. The Morgan fingerprint density at radius 1 is 1.26 bits per heavy atom. The summed E-state index contributed by atoms with van der Waals surface area (Å²) in [5.74, 6) is 0. The molecule has 0 bridgehead atoms. The zero-order chi connectivity index (χ0) is 13.7. The van der Waals surface area contributed by atoms with Gasteiger partial charge >= 0.3 is 0 Å². The molecule has 2 rings (SSSR count). The van der Waals surface area contributed by atoms with Crippen molar-refractivity contribution in [1.29, 1.82) is 0 Å². The number of nitrogens with one attached hydrogen (secondary N) is 1. The van der Waals surface area contributed by atoms with E-state index in [1.54, 1.807) is 4.57 Å². The standard InChI is InChI=1S/C15H17BrN2O/c1-12-9-14(16)11-18(15(12)19)8-7-17-10-13-5-3-2-4-6-13/h2-6,9,11,17H,7-8,10H2,1H3. The van der Waals surface area contributed by atoms with E-state index >= 15 is 0 Å². The van der Waals surface area contributed by atoms with Gasteiger partial charge in [0.1, 0.15) is 0 Å². The summed E-state index contributed by atoms with van der Waals surface area (Å²) in [6.45, 7) is 4.10. The molecular weight excluding hydrogens is 304 g/mol. The van der Waals surface area contributed by atoms with Crippen molar-refractivity contribution < 1.29 is 0 Å². The first-order chi connectivity index (χ1) is 9.16. The molecule has 1 heterocycles. The molecule has 3 nitrogen and oxygen atoms in total. The molecular formula is C15H17BrN2O. The molecule has 0 spiro atoms. The average molecular weight is 321 g/mol. The summed E-state index contributed by atoms with van der Waals surface area (Å²) in [4.78, 5) is 11.9. The Bertz CT molecular complexity index is 593. The van der Waals surface area contributed by atoms with E-state index < -0.39 is 0 Å². The highest BCUT2D eigenvalue weighted by Gasteiger charge is 2.01. The van der Waals surface area contributed by atoms with Crippen LogP contribution in [-0.2, 0) is 13.1 Å². The maximum Gasteiger partial charge on any atom is 0.253 e. The van der Waals surface area contributed by atoms with Gasteiger partial charge < -0.3 is 9.88 Å². The van der Waals surface area contributed by atoms with Gasteiger partial charge in [-0.15, -0.1) is 0 Å². The van der Waals surface area contributed by atoms with E-state index in [-0.39, 0.29) is 5.56 Å². The smallest absolute Gasteiger partial charge is 0.253 e. The van der Waals surface area contributed by atoms with Crippen LogP contribution in [0.4, 0.5) is 0 Å². The van der Waals surface area contributed by atoms with Gasteiger partial charge in [-0.1, -0.05) is 30.3 Å². The third-order valence-electron chi connectivity index (χ3n) is 2.93. The molecule has 0 aliphatic carbocycles. The summed E-state index contributed by atoms with van der Waals surface area (Å²) in [6, 6.07) is 12.1. The van der Waals surface area contributed by atoms with Gasteiger partial charge in [0, 0.05) is 35.9 Å². The van der Waals surface area contributed by atoms with E-state index in [0.29, 0.717) is 6.54 Å². The molecule has 1 N–H and O–H groups in total. The summed E-state index contributed by atoms with van der Waals surface area (Å²) in [5.41, 5.74) is 2.09. The largest absolute Gasteiger partial charge is 0.313 e. The third-order valence-corrected chi connectivity index (χ3v) is 3.37. The fourth-order valence-corrected chi connectivity index (χ4v) is 2.52. The topological polar surface area (TPSA) is 34.0 Å². The number of rotatable bonds is 5. The van der Waals surface area contributed by atoms with E-state index in [2.05, 4.69) is 33.4 Å². The van der Waals surface area contributed by atoms with Crippen LogP contribution < -0.4 is 10.9 Å². The van der Waals surface area contributed by atoms with Gasteiger partial charge in [-0.3, -0.25) is 4.79 Å². The molecule has 1 aromatic heterocycles. The molecule has 0 unspecified atom stereocenters. The van der Waals surface area contributed by atoms with Crippen LogP contribution in [0.2, 0.25) is 0 Å². The monoisotopic (exact) mass is 320 g/mol. The van der Waals surface area contributed by atoms with E-state index in [0.717, 1.165) is 23.1 Å². The van der Waals surface area contributed by atoms with Gasteiger partial charge in [0.2, 0.25) is 0 Å². The highest BCUT2D eigenvalue weighted by molar-refractivity contribution is 9.10. The molecule has 2 aromatic rings. The quantitative estimate of drug-likeness (QED) is 0.859. The van der Waals surface area contributed by atoms with E-state index in [9.17, 15) is 4.79 Å². The van der Waals surface area contributed by atoms with E-state index in [1.807, 2.05) is 37.4 Å². The number of aromatic nitrogens is 1. The maximum absolute atomic E-state index is 11.9. The van der Waals surface area contributed by atoms with Gasteiger partial charge in [0.25, 0.3) is 5.56 Å². The third kappa shape index (κ3) is 4.04. The molecule has 0 atom stereocenters. The molecule has 0 aliphatic rings. The minimum absolute atomic E-state index is 0.0738. The van der Waals surface area contributed by atoms with Crippen LogP contribution in [0.1, 0.15) is 11.1 Å². The van der Waals surface area contributed by atoms with Crippen molar-refractivity contribution in [3.8, 4) is 0 Å². The van der Waals surface area contributed by atoms with Crippen LogP contribution in [0.15, 0.2) is 51.9 Å². The lowest BCUT2D eigenvalue weighted by Crippen LogP contribution is -2.27. The summed E-state index contributed by atoms with van der Waals surface area (Å²) >= 11 is 3.41. The first-order valence-electron chi connectivity index (χ1n) is 6.28. The molecule has 0 fully saturated rings. The van der Waals surface area contributed by atoms with Crippen LogP contribution in [0.5, 0.6) is 0 Å². The summed E-state index contributed by atoms with van der Waals surface area (Å²) in [6.07, 6.45) is 1.83. The second kappa shape index (κ2) is 6.68. The second-order valence-electron chi connectivity index (χ2n) is 4.50. The molecule has 0 aliphatic heterocycles. The van der Waals surface area contributed by atoms with Crippen molar-refractivity contribution in [1.82, 2.24) is 9.88 Å². The van der Waals surface area contributed by atoms with Gasteiger partial charge in [-0.25, -0.2) is 0 Å². The normalized spacial score (nSPS) is 10.6. The van der Waals surface area contributed by atoms with Crippen molar-refractivity contribution in [3.05, 3.63) is 68.5 Å². The van der Waals surface area contributed by atoms with Crippen molar-refractivity contribution in [2.75, 3.05) is 6.54 Å². The van der Waals surface area contributed by atoms with Crippen LogP contribution in [0.25, 0.3) is 0 Å². The number of pyridine rings is 1. The van der Waals surface area contributed by atoms with Crippen LogP contribution in [0, 0.1) is 6.92 Å². The van der Waals surface area contributed by atoms with Gasteiger partial charge in [-0.05, 0) is 34.5 Å². The zero-order valence-corrected chi connectivity index (χ0v) is 12.5. The number of halogens is 1. The van der Waals surface area contributed by atoms with E-state index in [4.69, 9.17) is 0 Å². The molecule has 0 radical (unpaired) electrons. The zero-order valence-electron chi connectivity index (χ0n) is 10.9. The molecule has 1 aromatic carbocycles. The van der Waals surface area contributed by atoms with Crippen molar-refractivity contribution in [2.24, 2.45) is 0 Å². The Morgan fingerprint density at radius 2 is 2.00 bits per heavy atom. The lowest BCUT2D eigenvalue weighted by Gasteiger charge is -2.09. The Hall–Kier alpha value is -1.39. The van der Waals surface area contributed by atoms with Crippen molar-refractivity contribution in [3.63, 3.8) is 0 Å². The Balaban J connectivity index is 1.88. The average Bonchev–Trinajstić information content (AvgIpc) is 2.41. The fraction of sp³-hybridized carbons (Fsp3) is 0.267. The van der Waals surface area contributed by atoms with Crippen LogP contribution in [-0.4, -0.2) is 11.1 Å². The van der Waals surface area contributed by atoms with Crippen molar-refractivity contribution >= 4 is 15.9 Å². The Morgan fingerprint density at radius 3 is 2.74 bits per heavy atom. The SMILES string of the molecule is Cc1cc(Br)cn(CCNCc2ccccc2)c1=O. The number of nitrogens with zero attached hydrogens (tertiary/aromatic N) is 1. The van der Waals surface area contributed by atoms with Gasteiger partial charge in [0.05, 0.1) is 0 Å². The van der Waals surface area contributed by atoms with Crippen LogP contribution in [0.3, 0.4) is 0 Å². The highest BCUT2D eigenvalue weighted by Crippen LogP contribution is 2.07. The summed E-state index contributed by atoms with van der Waals surface area (Å²) in [5, 5.41) is 3.34. The molecule has 0 saturated heterocycles. The number of aryl methyl sites for hydroxylation is 1. The highest BCUT2D eigenvalue weighted by atomic mass is 79.9. The summed E-state index contributed by atoms with van der Waals surface area (Å²) < 4.78 is 2.67. The number of hydrogen-bond donors (Lipinski definition) is 1.